The molecular formula is C13H19N3. The first-order chi connectivity index (χ1) is 7.83. The topological polar surface area (TPSA) is 29.9 Å². The van der Waals surface area contributed by atoms with Crippen LogP contribution in [0, 0.1) is 12.3 Å². The van der Waals surface area contributed by atoms with E-state index in [2.05, 4.69) is 27.7 Å². The molecule has 0 aromatic carbocycles. The van der Waals surface area contributed by atoms with Crippen LogP contribution in [0.15, 0.2) is 12.5 Å². The third kappa shape index (κ3) is 2.28. The maximum absolute atomic E-state index is 5.37. The summed E-state index contributed by atoms with van der Waals surface area (Å²) in [5.41, 5.74) is 1.33. The molecule has 1 fully saturated rings. The van der Waals surface area contributed by atoms with Gasteiger partial charge >= 0.3 is 0 Å². The molecule has 2 atom stereocenters. The van der Waals surface area contributed by atoms with Crippen molar-refractivity contribution in [3.8, 4) is 12.3 Å². The predicted molar refractivity (Wildman–Crippen MR) is 65.2 cm³/mol. The SMILES string of the molecule is C#CCC(C)n1cncc1C1CCCNC1. The van der Waals surface area contributed by atoms with Crippen molar-refractivity contribution in [3.63, 3.8) is 0 Å². The van der Waals surface area contributed by atoms with Gasteiger partial charge in [0.05, 0.1) is 6.33 Å². The molecule has 2 unspecified atom stereocenters. The minimum atomic E-state index is 0.351. The van der Waals surface area contributed by atoms with Gasteiger partial charge in [0.15, 0.2) is 0 Å². The van der Waals surface area contributed by atoms with Gasteiger partial charge < -0.3 is 9.88 Å². The van der Waals surface area contributed by atoms with Crippen molar-refractivity contribution in [1.29, 1.82) is 0 Å². The molecule has 0 aliphatic carbocycles. The van der Waals surface area contributed by atoms with Gasteiger partial charge in [0, 0.05) is 36.8 Å². The molecule has 1 aliphatic rings. The average molecular weight is 217 g/mol. The first-order valence-corrected chi connectivity index (χ1v) is 5.99. The Balaban J connectivity index is 2.14. The van der Waals surface area contributed by atoms with E-state index >= 15 is 0 Å². The van der Waals surface area contributed by atoms with E-state index in [0.717, 1.165) is 19.5 Å². The number of rotatable bonds is 3. The van der Waals surface area contributed by atoms with Crippen molar-refractivity contribution in [2.75, 3.05) is 13.1 Å². The Bertz CT molecular complexity index is 369. The summed E-state index contributed by atoms with van der Waals surface area (Å²) in [6.07, 6.45) is 12.5. The third-order valence-electron chi connectivity index (χ3n) is 3.30. The quantitative estimate of drug-likeness (QED) is 0.784. The third-order valence-corrected chi connectivity index (χ3v) is 3.30. The Morgan fingerprint density at radius 3 is 3.31 bits per heavy atom. The molecule has 0 spiro atoms. The highest BCUT2D eigenvalue weighted by Crippen LogP contribution is 2.25. The molecule has 86 valence electrons. The standard InChI is InChI=1S/C13H19N3/c1-3-5-11(2)16-10-15-9-13(16)12-6-4-7-14-8-12/h1,9-12,14H,4-8H2,2H3. The number of terminal acetylenes is 1. The fourth-order valence-corrected chi connectivity index (χ4v) is 2.37. The molecule has 2 rings (SSSR count). The number of aromatic nitrogens is 2. The van der Waals surface area contributed by atoms with Gasteiger partial charge in [-0.1, -0.05) is 0 Å². The average Bonchev–Trinajstić information content (AvgIpc) is 2.79. The molecule has 1 aromatic rings. The van der Waals surface area contributed by atoms with E-state index in [9.17, 15) is 0 Å². The fraction of sp³-hybridized carbons (Fsp3) is 0.615. The zero-order valence-corrected chi connectivity index (χ0v) is 9.82. The van der Waals surface area contributed by atoms with Crippen LogP contribution in [0.1, 0.15) is 43.8 Å². The molecule has 3 heteroatoms. The number of imidazole rings is 1. The molecular weight excluding hydrogens is 198 g/mol. The van der Waals surface area contributed by atoms with Crippen LogP contribution >= 0.6 is 0 Å². The van der Waals surface area contributed by atoms with Crippen LogP contribution in [0.25, 0.3) is 0 Å². The molecule has 1 aromatic heterocycles. The number of nitrogens with zero attached hydrogens (tertiary/aromatic N) is 2. The lowest BCUT2D eigenvalue weighted by Crippen LogP contribution is -2.29. The summed E-state index contributed by atoms with van der Waals surface area (Å²) in [6.45, 7) is 4.36. The van der Waals surface area contributed by atoms with Crippen molar-refractivity contribution in [2.45, 2.75) is 38.1 Å². The molecule has 1 N–H and O–H groups in total. The second kappa shape index (κ2) is 5.18. The first-order valence-electron chi connectivity index (χ1n) is 5.99. The van der Waals surface area contributed by atoms with Crippen LogP contribution in [0.3, 0.4) is 0 Å². The van der Waals surface area contributed by atoms with Crippen LogP contribution in [-0.4, -0.2) is 22.6 Å². The van der Waals surface area contributed by atoms with Crippen LogP contribution < -0.4 is 5.32 Å². The van der Waals surface area contributed by atoms with Gasteiger partial charge in [-0.2, -0.15) is 0 Å². The molecule has 3 nitrogen and oxygen atoms in total. The minimum Gasteiger partial charge on any atom is -0.331 e. The lowest BCUT2D eigenvalue weighted by atomic mass is 9.96. The van der Waals surface area contributed by atoms with Crippen molar-refractivity contribution >= 4 is 0 Å². The van der Waals surface area contributed by atoms with Crippen molar-refractivity contribution in [2.24, 2.45) is 0 Å². The van der Waals surface area contributed by atoms with Crippen LogP contribution in [-0.2, 0) is 0 Å². The molecule has 16 heavy (non-hydrogen) atoms. The minimum absolute atomic E-state index is 0.351. The van der Waals surface area contributed by atoms with E-state index in [0.29, 0.717) is 12.0 Å². The summed E-state index contributed by atoms with van der Waals surface area (Å²) in [5.74, 6) is 3.32. The van der Waals surface area contributed by atoms with Crippen molar-refractivity contribution in [1.82, 2.24) is 14.9 Å². The zero-order chi connectivity index (χ0) is 11.4. The Kier molecular flexibility index (Phi) is 3.63. The van der Waals surface area contributed by atoms with Crippen molar-refractivity contribution in [3.05, 3.63) is 18.2 Å². The Labute approximate surface area is 97.3 Å². The van der Waals surface area contributed by atoms with Gasteiger partial charge in [-0.05, 0) is 26.3 Å². The molecule has 0 saturated carbocycles. The van der Waals surface area contributed by atoms with Gasteiger partial charge in [-0.3, -0.25) is 0 Å². The summed E-state index contributed by atoms with van der Waals surface area (Å²) < 4.78 is 2.23. The first kappa shape index (κ1) is 11.2. The van der Waals surface area contributed by atoms with Gasteiger partial charge in [-0.25, -0.2) is 4.98 Å². The van der Waals surface area contributed by atoms with Gasteiger partial charge in [0.2, 0.25) is 0 Å². The van der Waals surface area contributed by atoms with Crippen LogP contribution in [0.5, 0.6) is 0 Å². The zero-order valence-electron chi connectivity index (χ0n) is 9.82. The lowest BCUT2D eigenvalue weighted by Gasteiger charge is -2.25. The monoisotopic (exact) mass is 217 g/mol. The van der Waals surface area contributed by atoms with Gasteiger partial charge in [0.1, 0.15) is 0 Å². The molecule has 0 bridgehead atoms. The molecule has 1 saturated heterocycles. The Hall–Kier alpha value is -1.27. The van der Waals surface area contributed by atoms with Crippen molar-refractivity contribution < 1.29 is 0 Å². The lowest BCUT2D eigenvalue weighted by molar-refractivity contribution is 0.426. The van der Waals surface area contributed by atoms with E-state index < -0.39 is 0 Å². The summed E-state index contributed by atoms with van der Waals surface area (Å²) >= 11 is 0. The van der Waals surface area contributed by atoms with E-state index in [1.807, 2.05) is 12.5 Å². The van der Waals surface area contributed by atoms with Gasteiger partial charge in [0.25, 0.3) is 0 Å². The Morgan fingerprint density at radius 1 is 1.75 bits per heavy atom. The Morgan fingerprint density at radius 2 is 2.62 bits per heavy atom. The molecule has 2 heterocycles. The smallest absolute Gasteiger partial charge is 0.0951 e. The second-order valence-electron chi connectivity index (χ2n) is 4.53. The summed E-state index contributed by atoms with van der Waals surface area (Å²) in [6, 6.07) is 0.351. The predicted octanol–water partition coefficient (Wildman–Crippen LogP) is 1.93. The van der Waals surface area contributed by atoms with E-state index in [-0.39, 0.29) is 0 Å². The number of nitrogens with one attached hydrogen (secondary N) is 1. The summed E-state index contributed by atoms with van der Waals surface area (Å²) in [5, 5.41) is 3.44. The number of piperidine rings is 1. The molecule has 0 amide bonds. The molecule has 0 radical (unpaired) electrons. The maximum Gasteiger partial charge on any atom is 0.0951 e. The van der Waals surface area contributed by atoms with E-state index in [4.69, 9.17) is 6.42 Å². The maximum atomic E-state index is 5.37. The summed E-state index contributed by atoms with van der Waals surface area (Å²) in [4.78, 5) is 4.27. The second-order valence-corrected chi connectivity index (χ2v) is 4.53. The highest BCUT2D eigenvalue weighted by molar-refractivity contribution is 5.10. The van der Waals surface area contributed by atoms with Gasteiger partial charge in [-0.15, -0.1) is 12.3 Å². The molecule has 1 aliphatic heterocycles. The van der Waals surface area contributed by atoms with E-state index in [1.165, 1.54) is 18.5 Å². The van der Waals surface area contributed by atoms with Crippen LogP contribution in [0.4, 0.5) is 0 Å². The van der Waals surface area contributed by atoms with E-state index in [1.54, 1.807) is 0 Å². The fourth-order valence-electron chi connectivity index (χ4n) is 2.37. The number of hydrogen-bond donors (Lipinski definition) is 1. The highest BCUT2D eigenvalue weighted by atomic mass is 15.1. The normalized spacial score (nSPS) is 22.6. The summed E-state index contributed by atoms with van der Waals surface area (Å²) in [7, 11) is 0. The number of hydrogen-bond acceptors (Lipinski definition) is 2. The largest absolute Gasteiger partial charge is 0.331 e. The highest BCUT2D eigenvalue weighted by Gasteiger charge is 2.20. The van der Waals surface area contributed by atoms with Crippen LogP contribution in [0.2, 0.25) is 0 Å².